The molecule has 0 radical (unpaired) electrons. The van der Waals surface area contributed by atoms with E-state index >= 15 is 0 Å². The minimum Gasteiger partial charge on any atom is -0.736 e. The fraction of sp³-hybridized carbons (Fsp3) is 0.755. The van der Waals surface area contributed by atoms with Crippen molar-refractivity contribution in [2.75, 3.05) is 26.7 Å². The number of nitrogens with zero attached hydrogens (tertiary/aromatic N) is 1. The minimum atomic E-state index is -4.39. The molecule has 0 saturated carbocycles. The number of unbranched alkanes of at least 4 members (excludes halogenated alkanes) is 27. The molecule has 0 aromatic heterocycles. The van der Waals surface area contributed by atoms with Crippen LogP contribution in [0.3, 0.4) is 0 Å². The van der Waals surface area contributed by atoms with Gasteiger partial charge in [-0.05, 0) is 62.8 Å². The second kappa shape index (κ2) is 36.5. The molecule has 0 atom stereocenters. The van der Waals surface area contributed by atoms with Crippen LogP contribution in [-0.4, -0.2) is 31.2 Å². The minimum absolute atomic E-state index is 0.224. The highest BCUT2D eigenvalue weighted by atomic mass is 31.2. The van der Waals surface area contributed by atoms with E-state index in [0.717, 1.165) is 0 Å². The highest BCUT2D eigenvalue weighted by molar-refractivity contribution is 7.46. The lowest BCUT2D eigenvalue weighted by atomic mass is 10.0. The number of phosphoric acid groups is 1. The number of quaternary nitrogens is 1. The molecule has 55 heavy (non-hydrogen) atoms. The molecule has 0 saturated heterocycles. The molecule has 0 N–H and O–H groups in total. The van der Waals surface area contributed by atoms with Gasteiger partial charge in [-0.25, -0.2) is 4.57 Å². The standard InChI is InChI=1S/C37H78N.C12H11O4P/c1-5-8-11-14-17-20-23-26-29-32-35-38(4,36-33-30-27-24-21-18-15-12-9-6-2)37-34-31-28-25-22-19-16-13-10-7-3;13-17(14,15-11-7-3-1-4-8-11)16-12-9-5-2-6-10-12/h5-37H2,1-4H3;1-10H,(H,13,14)/q+1;/p-1. The van der Waals surface area contributed by atoms with E-state index in [0.29, 0.717) is 0 Å². The van der Waals surface area contributed by atoms with Gasteiger partial charge in [0, 0.05) is 0 Å². The molecular weight excluding hydrogens is 698 g/mol. The topological polar surface area (TPSA) is 58.6 Å². The maximum atomic E-state index is 11.6. The number of benzene rings is 2. The summed E-state index contributed by atoms with van der Waals surface area (Å²) in [5.74, 6) is 0.448. The molecule has 0 amide bonds. The number of hydrogen-bond donors (Lipinski definition) is 0. The van der Waals surface area contributed by atoms with Crippen LogP contribution in [0.15, 0.2) is 60.7 Å². The lowest BCUT2D eigenvalue weighted by molar-refractivity contribution is -0.910. The molecule has 318 valence electrons. The summed E-state index contributed by atoms with van der Waals surface area (Å²) in [6, 6.07) is 16.4. The van der Waals surface area contributed by atoms with E-state index in [1.54, 1.807) is 60.7 Å². The van der Waals surface area contributed by atoms with Crippen LogP contribution >= 0.6 is 7.82 Å². The van der Waals surface area contributed by atoms with E-state index < -0.39 is 7.82 Å². The van der Waals surface area contributed by atoms with Crippen LogP contribution in [-0.2, 0) is 4.57 Å². The Morgan fingerprint density at radius 2 is 0.618 bits per heavy atom. The Kier molecular flexibility index (Phi) is 34.0. The van der Waals surface area contributed by atoms with Crippen molar-refractivity contribution >= 4 is 7.82 Å². The van der Waals surface area contributed by atoms with Crippen molar-refractivity contribution < 1.29 is 23.0 Å². The second-order valence-corrected chi connectivity index (χ2v) is 17.9. The Hall–Kier alpha value is -1.81. The average molecular weight is 786 g/mol. The van der Waals surface area contributed by atoms with Crippen LogP contribution in [0.5, 0.6) is 11.5 Å². The van der Waals surface area contributed by atoms with Gasteiger partial charge in [0.05, 0.1) is 26.7 Å². The van der Waals surface area contributed by atoms with Gasteiger partial charge in [0.25, 0.3) is 0 Å². The van der Waals surface area contributed by atoms with Gasteiger partial charge < -0.3 is 18.4 Å². The number of phosphoric ester groups is 1. The van der Waals surface area contributed by atoms with E-state index in [2.05, 4.69) is 27.8 Å². The lowest BCUT2D eigenvalue weighted by Gasteiger charge is -2.35. The number of hydrogen-bond acceptors (Lipinski definition) is 4. The maximum Gasteiger partial charge on any atom is 0.372 e. The number of rotatable bonds is 37. The van der Waals surface area contributed by atoms with Crippen LogP contribution in [0, 0.1) is 0 Å². The maximum absolute atomic E-state index is 11.6. The molecular formula is C49H88NO4P. The molecule has 0 unspecified atom stereocenters. The zero-order valence-corrected chi connectivity index (χ0v) is 37.5. The third-order valence-corrected chi connectivity index (χ3v) is 11.9. The molecule has 6 heteroatoms. The summed E-state index contributed by atoms with van der Waals surface area (Å²) in [6.07, 6.45) is 43.8. The normalized spacial score (nSPS) is 11.7. The smallest absolute Gasteiger partial charge is 0.372 e. The lowest BCUT2D eigenvalue weighted by Crippen LogP contribution is -2.46. The summed E-state index contributed by atoms with van der Waals surface area (Å²) in [7, 11) is -1.78. The highest BCUT2D eigenvalue weighted by Gasteiger charge is 2.20. The first kappa shape index (κ1) is 51.2. The highest BCUT2D eigenvalue weighted by Crippen LogP contribution is 2.40. The quantitative estimate of drug-likeness (QED) is 0.0389. The van der Waals surface area contributed by atoms with E-state index in [4.69, 9.17) is 9.05 Å². The first-order valence-electron chi connectivity index (χ1n) is 23.5. The largest absolute Gasteiger partial charge is 0.736 e. The molecule has 2 aromatic rings. The first-order chi connectivity index (χ1) is 26.8. The third-order valence-electron chi connectivity index (χ3n) is 11.1. The van der Waals surface area contributed by atoms with Gasteiger partial charge in [0.1, 0.15) is 11.5 Å². The Labute approximate surface area is 342 Å². The van der Waals surface area contributed by atoms with Crippen molar-refractivity contribution in [1.29, 1.82) is 0 Å². The molecule has 5 nitrogen and oxygen atoms in total. The molecule has 0 heterocycles. The fourth-order valence-electron chi connectivity index (χ4n) is 7.52. The van der Waals surface area contributed by atoms with Gasteiger partial charge in [0.2, 0.25) is 0 Å². The van der Waals surface area contributed by atoms with Gasteiger partial charge in [-0.3, -0.25) is 0 Å². The summed E-state index contributed by atoms with van der Waals surface area (Å²) in [5.41, 5.74) is 0. The van der Waals surface area contributed by atoms with E-state index in [9.17, 15) is 9.46 Å². The predicted molar refractivity (Wildman–Crippen MR) is 238 cm³/mol. The van der Waals surface area contributed by atoms with Crippen molar-refractivity contribution in [3.05, 3.63) is 60.7 Å². The van der Waals surface area contributed by atoms with Gasteiger partial charge >= 0.3 is 7.82 Å². The van der Waals surface area contributed by atoms with Crippen LogP contribution in [0.1, 0.15) is 213 Å². The van der Waals surface area contributed by atoms with Gasteiger partial charge in [-0.2, -0.15) is 0 Å². The van der Waals surface area contributed by atoms with Crippen LogP contribution in [0.2, 0.25) is 0 Å². The molecule has 0 fully saturated rings. The fourth-order valence-corrected chi connectivity index (χ4v) is 8.31. The summed E-state index contributed by atoms with van der Waals surface area (Å²) < 4.78 is 22.5. The molecule has 2 aromatic carbocycles. The summed E-state index contributed by atoms with van der Waals surface area (Å²) in [4.78, 5) is 11.6. The molecule has 2 rings (SSSR count). The Morgan fingerprint density at radius 3 is 0.855 bits per heavy atom. The van der Waals surface area contributed by atoms with Crippen molar-refractivity contribution in [2.45, 2.75) is 213 Å². The molecule has 0 spiro atoms. The van der Waals surface area contributed by atoms with E-state index in [-0.39, 0.29) is 11.5 Å². The Balaban J connectivity index is 0.000000729. The van der Waals surface area contributed by atoms with Gasteiger partial charge in [0.15, 0.2) is 0 Å². The monoisotopic (exact) mass is 786 g/mol. The van der Waals surface area contributed by atoms with Crippen molar-refractivity contribution in [3.8, 4) is 11.5 Å². The molecule has 0 aliphatic heterocycles. The van der Waals surface area contributed by atoms with Crippen LogP contribution in [0.4, 0.5) is 0 Å². The van der Waals surface area contributed by atoms with Crippen LogP contribution < -0.4 is 13.9 Å². The SMILES string of the molecule is CCCCCCCCCCCC[N+](C)(CCCCCCCCCCCC)CCCCCCCCCCCC.O=P([O-])(Oc1ccccc1)Oc1ccccc1. The summed E-state index contributed by atoms with van der Waals surface area (Å²) in [6.45, 7) is 11.3. The van der Waals surface area contributed by atoms with Crippen molar-refractivity contribution in [2.24, 2.45) is 0 Å². The van der Waals surface area contributed by atoms with Crippen LogP contribution in [0.25, 0.3) is 0 Å². The van der Waals surface area contributed by atoms with E-state index in [1.165, 1.54) is 217 Å². The summed E-state index contributed by atoms with van der Waals surface area (Å²) in [5, 5.41) is 0. The molecule has 0 aliphatic carbocycles. The molecule has 0 bridgehead atoms. The summed E-state index contributed by atoms with van der Waals surface area (Å²) >= 11 is 0. The zero-order chi connectivity index (χ0) is 40.0. The van der Waals surface area contributed by atoms with E-state index in [1.807, 2.05) is 0 Å². The van der Waals surface area contributed by atoms with Gasteiger partial charge in [-0.1, -0.05) is 211 Å². The Bertz CT molecular complexity index is 1010. The average Bonchev–Trinajstić information content (AvgIpc) is 3.18. The van der Waals surface area contributed by atoms with Gasteiger partial charge in [-0.15, -0.1) is 0 Å². The first-order valence-corrected chi connectivity index (χ1v) is 24.9. The third kappa shape index (κ3) is 32.9. The predicted octanol–water partition coefficient (Wildman–Crippen LogP) is 15.8. The zero-order valence-electron chi connectivity index (χ0n) is 36.6. The number of para-hydroxylation sites is 2. The second-order valence-electron chi connectivity index (χ2n) is 16.6. The Morgan fingerprint density at radius 1 is 0.400 bits per heavy atom. The van der Waals surface area contributed by atoms with Crippen molar-refractivity contribution in [1.82, 2.24) is 0 Å². The van der Waals surface area contributed by atoms with Crippen molar-refractivity contribution in [3.63, 3.8) is 0 Å². The molecule has 0 aliphatic rings.